The molecule has 9 heteroatoms. The van der Waals surface area contributed by atoms with Gasteiger partial charge in [0.25, 0.3) is 5.69 Å². The average molecular weight is 302 g/mol. The average Bonchev–Trinajstić information content (AvgIpc) is 2.35. The van der Waals surface area contributed by atoms with Crippen LogP contribution in [0.5, 0.6) is 0 Å². The topological polar surface area (TPSA) is 127 Å². The molecule has 2 N–H and O–H groups in total. The van der Waals surface area contributed by atoms with Gasteiger partial charge in [-0.2, -0.15) is 4.72 Å². The molecule has 0 radical (unpaired) electrons. The number of aliphatic carboxylic acids is 1. The lowest BCUT2D eigenvalue weighted by Crippen LogP contribution is -2.40. The highest BCUT2D eigenvalue weighted by molar-refractivity contribution is 7.89. The minimum atomic E-state index is -4.04. The van der Waals surface area contributed by atoms with Gasteiger partial charge < -0.3 is 5.11 Å². The Bertz CT molecular complexity index is 640. The molecule has 0 bridgehead atoms. The van der Waals surface area contributed by atoms with Crippen molar-refractivity contribution >= 4 is 21.7 Å². The maximum atomic E-state index is 12.1. The lowest BCUT2D eigenvalue weighted by molar-refractivity contribution is -0.385. The molecule has 0 saturated carbocycles. The highest BCUT2D eigenvalue weighted by Gasteiger charge is 2.25. The number of nitrogens with zero attached hydrogens (tertiary/aromatic N) is 1. The second-order valence-electron chi connectivity index (χ2n) is 4.13. The van der Waals surface area contributed by atoms with Gasteiger partial charge in [-0.3, -0.25) is 14.9 Å². The quantitative estimate of drug-likeness (QED) is 0.597. The van der Waals surface area contributed by atoms with Crippen molar-refractivity contribution in [2.75, 3.05) is 0 Å². The Balaban J connectivity index is 3.16. The number of aryl methyl sites for hydroxylation is 1. The molecule has 0 fully saturated rings. The number of hydrogen-bond acceptors (Lipinski definition) is 5. The Kier molecular flexibility index (Phi) is 4.79. The van der Waals surface area contributed by atoms with E-state index in [1.54, 1.807) is 0 Å². The summed E-state index contributed by atoms with van der Waals surface area (Å²) in [6.45, 7) is 2.94. The number of rotatable bonds is 6. The Morgan fingerprint density at radius 1 is 1.50 bits per heavy atom. The van der Waals surface area contributed by atoms with Crippen molar-refractivity contribution in [2.45, 2.75) is 31.2 Å². The van der Waals surface area contributed by atoms with Crippen LogP contribution in [0.3, 0.4) is 0 Å². The number of carboxylic acid groups (broad SMARTS) is 1. The second-order valence-corrected chi connectivity index (χ2v) is 5.81. The summed E-state index contributed by atoms with van der Waals surface area (Å²) in [5.41, 5.74) is -0.0568. The third-order valence-electron chi connectivity index (χ3n) is 2.66. The van der Waals surface area contributed by atoms with Crippen molar-refractivity contribution in [3.63, 3.8) is 0 Å². The van der Waals surface area contributed by atoms with E-state index in [1.165, 1.54) is 13.8 Å². The minimum absolute atomic E-state index is 0.0839. The van der Waals surface area contributed by atoms with Crippen LogP contribution in [-0.2, 0) is 14.8 Å². The molecule has 20 heavy (non-hydrogen) atoms. The number of benzene rings is 1. The first-order valence-electron chi connectivity index (χ1n) is 5.69. The molecular formula is C11H14N2O6S. The van der Waals surface area contributed by atoms with Crippen LogP contribution in [0.1, 0.15) is 18.9 Å². The van der Waals surface area contributed by atoms with Crippen LogP contribution >= 0.6 is 0 Å². The van der Waals surface area contributed by atoms with Gasteiger partial charge in [-0.15, -0.1) is 0 Å². The highest BCUT2D eigenvalue weighted by atomic mass is 32.2. The van der Waals surface area contributed by atoms with E-state index in [9.17, 15) is 23.3 Å². The maximum absolute atomic E-state index is 12.1. The molecule has 1 rings (SSSR count). The largest absolute Gasteiger partial charge is 0.480 e. The summed E-state index contributed by atoms with van der Waals surface area (Å²) in [6.07, 6.45) is 0.0839. The van der Waals surface area contributed by atoms with E-state index in [4.69, 9.17) is 5.11 Å². The molecule has 0 spiro atoms. The first-order chi connectivity index (χ1) is 9.19. The summed E-state index contributed by atoms with van der Waals surface area (Å²) in [5.74, 6) is -1.28. The lowest BCUT2D eigenvalue weighted by atomic mass is 10.2. The van der Waals surface area contributed by atoms with Crippen LogP contribution in [0, 0.1) is 17.0 Å². The predicted octanol–water partition coefficient (Wildman–Crippen LogP) is 1.04. The number of hydrogen-bond donors (Lipinski definition) is 2. The van der Waals surface area contributed by atoms with Crippen LogP contribution in [0.25, 0.3) is 0 Å². The van der Waals surface area contributed by atoms with Crippen LogP contribution < -0.4 is 4.72 Å². The third-order valence-corrected chi connectivity index (χ3v) is 4.29. The molecule has 1 atom stereocenters. The summed E-state index contributed by atoms with van der Waals surface area (Å²) in [6, 6.07) is 2.03. The van der Waals surface area contributed by atoms with Crippen LogP contribution in [-0.4, -0.2) is 30.5 Å². The Hall–Kier alpha value is -2.00. The molecule has 0 aliphatic heterocycles. The molecule has 110 valence electrons. The molecule has 1 aromatic rings. The van der Waals surface area contributed by atoms with Gasteiger partial charge in [0.2, 0.25) is 10.0 Å². The molecular weight excluding hydrogens is 288 g/mol. The van der Waals surface area contributed by atoms with Crippen molar-refractivity contribution < 1.29 is 23.2 Å². The van der Waals surface area contributed by atoms with E-state index in [2.05, 4.69) is 4.72 Å². The first kappa shape index (κ1) is 16.1. The molecule has 0 saturated heterocycles. The van der Waals surface area contributed by atoms with Crippen molar-refractivity contribution in [3.8, 4) is 0 Å². The summed E-state index contributed by atoms with van der Waals surface area (Å²) >= 11 is 0. The molecule has 0 heterocycles. The summed E-state index contributed by atoms with van der Waals surface area (Å²) in [7, 11) is -4.04. The van der Waals surface area contributed by atoms with Crippen molar-refractivity contribution in [3.05, 3.63) is 33.9 Å². The van der Waals surface area contributed by atoms with Crippen molar-refractivity contribution in [1.29, 1.82) is 0 Å². The molecule has 0 aliphatic rings. The fourth-order valence-corrected chi connectivity index (χ4v) is 3.11. The SMILES string of the molecule is CC[C@H](NS(=O)(=O)c1ccc([N+](=O)[O-])cc1C)C(=O)O. The standard InChI is InChI=1S/C11H14N2O6S/c1-3-9(11(14)15)12-20(18,19)10-5-4-8(13(16)17)6-7(10)2/h4-6,9,12H,3H2,1-2H3,(H,14,15)/t9-/m0/s1. The zero-order chi connectivity index (χ0) is 15.5. The number of non-ortho nitro benzene ring substituents is 1. The Morgan fingerprint density at radius 3 is 2.50 bits per heavy atom. The van der Waals surface area contributed by atoms with E-state index < -0.39 is 27.0 Å². The smallest absolute Gasteiger partial charge is 0.321 e. The summed E-state index contributed by atoms with van der Waals surface area (Å²) in [5, 5.41) is 19.4. The van der Waals surface area contributed by atoms with Crippen molar-refractivity contribution in [1.82, 2.24) is 4.72 Å². The van der Waals surface area contributed by atoms with Crippen LogP contribution in [0.15, 0.2) is 23.1 Å². The van der Waals surface area contributed by atoms with Gasteiger partial charge >= 0.3 is 5.97 Å². The van der Waals surface area contributed by atoms with Gasteiger partial charge in [0.15, 0.2) is 0 Å². The summed E-state index contributed by atoms with van der Waals surface area (Å²) < 4.78 is 26.2. The molecule has 8 nitrogen and oxygen atoms in total. The number of nitrogens with one attached hydrogen (secondary N) is 1. The zero-order valence-corrected chi connectivity index (χ0v) is 11.7. The van der Waals surface area contributed by atoms with Gasteiger partial charge in [-0.05, 0) is 25.0 Å². The third kappa shape index (κ3) is 3.52. The molecule has 1 aromatic carbocycles. The minimum Gasteiger partial charge on any atom is -0.480 e. The molecule has 0 unspecified atom stereocenters. The highest BCUT2D eigenvalue weighted by Crippen LogP contribution is 2.21. The zero-order valence-electron chi connectivity index (χ0n) is 10.9. The fourth-order valence-electron chi connectivity index (χ4n) is 1.61. The van der Waals surface area contributed by atoms with Gasteiger partial charge in [-0.1, -0.05) is 6.92 Å². The van der Waals surface area contributed by atoms with E-state index in [0.717, 1.165) is 18.2 Å². The van der Waals surface area contributed by atoms with Gasteiger partial charge in [0.05, 0.1) is 9.82 Å². The van der Waals surface area contributed by atoms with Crippen LogP contribution in [0.4, 0.5) is 5.69 Å². The van der Waals surface area contributed by atoms with Gasteiger partial charge in [0, 0.05) is 12.1 Å². The lowest BCUT2D eigenvalue weighted by Gasteiger charge is -2.14. The predicted molar refractivity (Wildman–Crippen MR) is 69.9 cm³/mol. The maximum Gasteiger partial charge on any atom is 0.321 e. The monoisotopic (exact) mass is 302 g/mol. The molecule has 0 aliphatic carbocycles. The van der Waals surface area contributed by atoms with Crippen LogP contribution in [0.2, 0.25) is 0 Å². The number of carboxylic acids is 1. The normalized spacial score (nSPS) is 12.9. The summed E-state index contributed by atoms with van der Waals surface area (Å²) in [4.78, 5) is 20.6. The van der Waals surface area contributed by atoms with E-state index >= 15 is 0 Å². The van der Waals surface area contributed by atoms with Gasteiger partial charge in [-0.25, -0.2) is 8.42 Å². The van der Waals surface area contributed by atoms with Crippen molar-refractivity contribution in [2.24, 2.45) is 0 Å². The van der Waals surface area contributed by atoms with E-state index in [0.29, 0.717) is 0 Å². The Morgan fingerprint density at radius 2 is 2.10 bits per heavy atom. The van der Waals surface area contributed by atoms with E-state index in [1.807, 2.05) is 0 Å². The Labute approximate surface area is 115 Å². The molecule has 0 aromatic heterocycles. The number of nitro benzene ring substituents is 1. The second kappa shape index (κ2) is 5.97. The fraction of sp³-hybridized carbons (Fsp3) is 0.364. The number of nitro groups is 1. The number of sulfonamides is 1. The number of carbonyl (C=O) groups is 1. The first-order valence-corrected chi connectivity index (χ1v) is 7.17. The van der Waals surface area contributed by atoms with Gasteiger partial charge in [0.1, 0.15) is 6.04 Å². The van der Waals surface area contributed by atoms with E-state index in [-0.39, 0.29) is 22.6 Å². The molecule has 0 amide bonds.